The van der Waals surface area contributed by atoms with Crippen molar-refractivity contribution in [2.45, 2.75) is 44.0 Å². The van der Waals surface area contributed by atoms with E-state index in [2.05, 4.69) is 13.2 Å². The largest absolute Gasteiger partial charge is 0.458 e. The van der Waals surface area contributed by atoms with Gasteiger partial charge < -0.3 is 14.9 Å². The lowest BCUT2D eigenvalue weighted by atomic mass is 9.76. The second-order valence-electron chi connectivity index (χ2n) is 6.16. The lowest BCUT2D eigenvalue weighted by Gasteiger charge is -2.36. The summed E-state index contributed by atoms with van der Waals surface area (Å²) in [7, 11) is 0. The van der Waals surface area contributed by atoms with E-state index in [0.717, 1.165) is 18.4 Å². The first-order chi connectivity index (χ1) is 8.87. The molecule has 0 aromatic heterocycles. The molecule has 2 saturated carbocycles. The van der Waals surface area contributed by atoms with Crippen LogP contribution in [-0.4, -0.2) is 34.0 Å². The lowest BCUT2D eigenvalue weighted by Crippen LogP contribution is -2.49. The summed E-state index contributed by atoms with van der Waals surface area (Å²) in [4.78, 5) is 11.8. The fraction of sp³-hybridized carbons (Fsp3) is 0.667. The van der Waals surface area contributed by atoms with Crippen LogP contribution >= 0.6 is 0 Å². The molecule has 19 heavy (non-hydrogen) atoms. The minimum Gasteiger partial charge on any atom is -0.458 e. The third-order valence-corrected chi connectivity index (χ3v) is 5.28. The molecule has 0 unspecified atom stereocenters. The van der Waals surface area contributed by atoms with E-state index < -0.39 is 17.8 Å². The second-order valence-corrected chi connectivity index (χ2v) is 6.16. The Labute approximate surface area is 112 Å². The van der Waals surface area contributed by atoms with Gasteiger partial charge in [-0.25, -0.2) is 0 Å². The Morgan fingerprint density at radius 2 is 2.11 bits per heavy atom. The average Bonchev–Trinajstić information content (AvgIpc) is 2.74. The Hall–Kier alpha value is -1.13. The Bertz CT molecular complexity index is 469. The molecule has 1 aliphatic heterocycles. The van der Waals surface area contributed by atoms with Crippen molar-refractivity contribution in [3.8, 4) is 0 Å². The maximum Gasteiger partial charge on any atom is 0.309 e. The van der Waals surface area contributed by atoms with Crippen LogP contribution in [0.5, 0.6) is 0 Å². The van der Waals surface area contributed by atoms with Crippen LogP contribution < -0.4 is 0 Å². The Balaban J connectivity index is 2.08. The summed E-state index contributed by atoms with van der Waals surface area (Å²) in [6.45, 7) is 9.74. The fourth-order valence-corrected chi connectivity index (χ4v) is 4.00. The first-order valence-electron chi connectivity index (χ1n) is 6.85. The fourth-order valence-electron chi connectivity index (χ4n) is 4.00. The van der Waals surface area contributed by atoms with E-state index in [1.165, 1.54) is 0 Å². The van der Waals surface area contributed by atoms with Gasteiger partial charge in [0.2, 0.25) is 0 Å². The summed E-state index contributed by atoms with van der Waals surface area (Å²) in [5.74, 6) is -0.764. The van der Waals surface area contributed by atoms with Gasteiger partial charge in [0.15, 0.2) is 0 Å². The lowest BCUT2D eigenvalue weighted by molar-refractivity contribution is -0.154. The van der Waals surface area contributed by atoms with Crippen molar-refractivity contribution in [2.24, 2.45) is 17.8 Å². The first-order valence-corrected chi connectivity index (χ1v) is 6.85. The van der Waals surface area contributed by atoms with E-state index in [4.69, 9.17) is 4.74 Å². The zero-order valence-electron chi connectivity index (χ0n) is 11.1. The van der Waals surface area contributed by atoms with Gasteiger partial charge in [-0.2, -0.15) is 0 Å². The van der Waals surface area contributed by atoms with Gasteiger partial charge in [0.1, 0.15) is 11.7 Å². The monoisotopic (exact) mass is 264 g/mol. The molecule has 3 fully saturated rings. The van der Waals surface area contributed by atoms with Gasteiger partial charge >= 0.3 is 5.97 Å². The van der Waals surface area contributed by atoms with Gasteiger partial charge in [-0.05, 0) is 24.8 Å². The zero-order valence-corrected chi connectivity index (χ0v) is 11.1. The molecule has 4 heteroatoms. The summed E-state index contributed by atoms with van der Waals surface area (Å²) >= 11 is 0. The standard InChI is InChI=1S/C15H20O4/c1-7-4-5-10-8(2)14(17)19-13(10)15(18)9(3)12(16)6-11(7)15/h8,10-13,16,18H,1,3-6H2,2H3/t8-,10-,11-,12+,13-,15+/m0/s1. The van der Waals surface area contributed by atoms with Gasteiger partial charge in [0.05, 0.1) is 12.0 Å². The maximum atomic E-state index is 11.8. The summed E-state index contributed by atoms with van der Waals surface area (Å²) < 4.78 is 5.44. The molecule has 0 radical (unpaired) electrons. The van der Waals surface area contributed by atoms with Crippen molar-refractivity contribution in [3.63, 3.8) is 0 Å². The number of ether oxygens (including phenoxy) is 1. The van der Waals surface area contributed by atoms with Crippen molar-refractivity contribution in [2.75, 3.05) is 0 Å². The van der Waals surface area contributed by atoms with Gasteiger partial charge in [-0.1, -0.05) is 25.7 Å². The topological polar surface area (TPSA) is 66.8 Å². The summed E-state index contributed by atoms with van der Waals surface area (Å²) in [5.41, 5.74) is -0.0479. The number of hydrogen-bond donors (Lipinski definition) is 2. The molecule has 3 rings (SSSR count). The highest BCUT2D eigenvalue weighted by Crippen LogP contribution is 2.54. The van der Waals surface area contributed by atoms with Crippen LogP contribution in [-0.2, 0) is 9.53 Å². The number of rotatable bonds is 0. The molecule has 2 N–H and O–H groups in total. The number of aliphatic hydroxyl groups excluding tert-OH is 1. The minimum atomic E-state index is -1.35. The minimum absolute atomic E-state index is 0.0266. The molecule has 0 aromatic carbocycles. The highest BCUT2D eigenvalue weighted by Gasteiger charge is 2.62. The molecule has 6 atom stereocenters. The Kier molecular flexibility index (Phi) is 2.67. The SMILES string of the molecule is C=C1CC[C@H]2[C@H](C)C(=O)O[C@@H]2[C@@]2(O)C(=C)[C@H](O)C[C@@H]12. The Morgan fingerprint density at radius 1 is 1.42 bits per heavy atom. The molecule has 1 heterocycles. The van der Waals surface area contributed by atoms with Gasteiger partial charge in [-0.3, -0.25) is 4.79 Å². The van der Waals surface area contributed by atoms with E-state index in [1.54, 1.807) is 0 Å². The summed E-state index contributed by atoms with van der Waals surface area (Å²) in [6.07, 6.45) is 0.626. The van der Waals surface area contributed by atoms with Gasteiger partial charge in [0.25, 0.3) is 0 Å². The van der Waals surface area contributed by atoms with E-state index in [1.807, 2.05) is 6.92 Å². The van der Waals surface area contributed by atoms with Gasteiger partial charge in [-0.15, -0.1) is 0 Å². The molecular weight excluding hydrogens is 244 g/mol. The number of carbonyl (C=O) groups is 1. The number of carbonyl (C=O) groups excluding carboxylic acids is 1. The Morgan fingerprint density at radius 3 is 2.79 bits per heavy atom. The highest BCUT2D eigenvalue weighted by atomic mass is 16.6. The predicted molar refractivity (Wildman–Crippen MR) is 69.1 cm³/mol. The number of fused-ring (bicyclic) bond motifs is 3. The predicted octanol–water partition coefficient (Wildman–Crippen LogP) is 1.18. The van der Waals surface area contributed by atoms with Crippen molar-refractivity contribution in [3.05, 3.63) is 24.3 Å². The van der Waals surface area contributed by atoms with E-state index in [9.17, 15) is 15.0 Å². The smallest absolute Gasteiger partial charge is 0.309 e. The quantitative estimate of drug-likeness (QED) is 0.509. The van der Waals surface area contributed by atoms with Gasteiger partial charge in [0, 0.05) is 11.8 Å². The summed E-state index contributed by atoms with van der Waals surface area (Å²) in [5, 5.41) is 21.1. The molecule has 1 saturated heterocycles. The molecular formula is C15H20O4. The molecule has 0 aromatic rings. The number of esters is 1. The summed E-state index contributed by atoms with van der Waals surface area (Å²) in [6, 6.07) is 0. The van der Waals surface area contributed by atoms with Crippen molar-refractivity contribution in [1.29, 1.82) is 0 Å². The van der Waals surface area contributed by atoms with E-state index in [0.29, 0.717) is 12.0 Å². The average molecular weight is 264 g/mol. The first kappa shape index (κ1) is 12.9. The molecule has 0 spiro atoms. The van der Waals surface area contributed by atoms with Crippen molar-refractivity contribution >= 4 is 5.97 Å². The molecule has 4 nitrogen and oxygen atoms in total. The number of aliphatic hydroxyl groups is 2. The molecule has 3 aliphatic rings. The number of hydrogen-bond acceptors (Lipinski definition) is 4. The van der Waals surface area contributed by atoms with Crippen LogP contribution in [0.3, 0.4) is 0 Å². The van der Waals surface area contributed by atoms with Crippen molar-refractivity contribution < 1.29 is 19.7 Å². The van der Waals surface area contributed by atoms with Crippen LogP contribution in [0.4, 0.5) is 0 Å². The van der Waals surface area contributed by atoms with Crippen molar-refractivity contribution in [1.82, 2.24) is 0 Å². The van der Waals surface area contributed by atoms with Crippen LogP contribution in [0.2, 0.25) is 0 Å². The van der Waals surface area contributed by atoms with Crippen LogP contribution in [0.15, 0.2) is 24.3 Å². The van der Waals surface area contributed by atoms with Crippen LogP contribution in [0, 0.1) is 17.8 Å². The third kappa shape index (κ3) is 1.50. The third-order valence-electron chi connectivity index (χ3n) is 5.28. The van der Waals surface area contributed by atoms with E-state index >= 15 is 0 Å². The molecule has 2 aliphatic carbocycles. The second kappa shape index (κ2) is 3.93. The molecule has 0 bridgehead atoms. The highest BCUT2D eigenvalue weighted by molar-refractivity contribution is 5.75. The van der Waals surface area contributed by atoms with E-state index in [-0.39, 0.29) is 23.7 Å². The van der Waals surface area contributed by atoms with Crippen LogP contribution in [0.1, 0.15) is 26.2 Å². The normalized spacial score (nSPS) is 49.6. The van der Waals surface area contributed by atoms with Crippen LogP contribution in [0.25, 0.3) is 0 Å². The maximum absolute atomic E-state index is 11.8. The zero-order chi connectivity index (χ0) is 13.9. The molecule has 0 amide bonds. The molecule has 104 valence electrons.